The fourth-order valence-electron chi connectivity index (χ4n) is 2.48. The topological polar surface area (TPSA) is 65.0 Å². The molecule has 0 unspecified atom stereocenters. The second-order valence-electron chi connectivity index (χ2n) is 5.66. The van der Waals surface area contributed by atoms with Crippen LogP contribution in [0.1, 0.15) is 30.7 Å². The molecule has 1 aromatic rings. The van der Waals surface area contributed by atoms with Crippen LogP contribution in [0.15, 0.2) is 48.8 Å². The van der Waals surface area contributed by atoms with Gasteiger partial charge >= 0.3 is 5.97 Å². The number of ether oxygens (including phenoxy) is 3. The van der Waals surface area contributed by atoms with Crippen molar-refractivity contribution in [2.75, 3.05) is 19.8 Å². The maximum atomic E-state index is 13.1. The van der Waals surface area contributed by atoms with E-state index in [2.05, 4.69) is 6.58 Å². The average Bonchev–Trinajstić information content (AvgIpc) is 2.63. The Bertz CT molecular complexity index is 596. The molecule has 0 fully saturated rings. The minimum absolute atomic E-state index is 0.0783. The molecular formula is C19H23FO5. The molecule has 5 nitrogen and oxygen atoms in total. The molecule has 1 aromatic carbocycles. The maximum absolute atomic E-state index is 13.1. The van der Waals surface area contributed by atoms with Crippen LogP contribution in [0.5, 0.6) is 0 Å². The molecule has 2 atom stereocenters. The van der Waals surface area contributed by atoms with Crippen molar-refractivity contribution in [2.24, 2.45) is 0 Å². The van der Waals surface area contributed by atoms with Gasteiger partial charge < -0.3 is 19.3 Å². The Labute approximate surface area is 146 Å². The lowest BCUT2D eigenvalue weighted by molar-refractivity contribution is -0.160. The molecule has 6 heteroatoms. The van der Waals surface area contributed by atoms with Gasteiger partial charge in [0, 0.05) is 18.9 Å². The molecule has 0 spiro atoms. The first kappa shape index (κ1) is 19.1. The van der Waals surface area contributed by atoms with Crippen molar-refractivity contribution >= 4 is 5.97 Å². The van der Waals surface area contributed by atoms with Crippen LogP contribution >= 0.6 is 0 Å². The van der Waals surface area contributed by atoms with Crippen molar-refractivity contribution in [1.29, 1.82) is 0 Å². The van der Waals surface area contributed by atoms with Gasteiger partial charge in [-0.25, -0.2) is 9.18 Å². The zero-order valence-corrected chi connectivity index (χ0v) is 14.0. The molecule has 0 aliphatic carbocycles. The number of carbonyl (C=O) groups excluding carboxylic acids is 1. The Morgan fingerprint density at radius 2 is 2.12 bits per heavy atom. The van der Waals surface area contributed by atoms with E-state index in [0.29, 0.717) is 25.9 Å². The third kappa shape index (κ3) is 5.99. The summed E-state index contributed by atoms with van der Waals surface area (Å²) in [7, 11) is 0. The highest BCUT2D eigenvalue weighted by Crippen LogP contribution is 2.32. The summed E-state index contributed by atoms with van der Waals surface area (Å²) in [6.07, 6.45) is 4.37. The standard InChI is InChI=1S/C19H23FO5/c1-2-10-24-19(22)17-12-15(14-5-7-16(20)8-6-14)13-18(25-17)23-11-4-3-9-21/h2,5-8,12,15,18,21H,1,3-4,9-11,13H2/t15-,18+/m0/s1. The van der Waals surface area contributed by atoms with Crippen molar-refractivity contribution in [1.82, 2.24) is 0 Å². The third-order valence-corrected chi connectivity index (χ3v) is 3.75. The summed E-state index contributed by atoms with van der Waals surface area (Å²) in [5.74, 6) is -0.976. The molecular weight excluding hydrogens is 327 g/mol. The van der Waals surface area contributed by atoms with Crippen LogP contribution in [0.3, 0.4) is 0 Å². The number of hydrogen-bond acceptors (Lipinski definition) is 5. The summed E-state index contributed by atoms with van der Waals surface area (Å²) in [5, 5.41) is 8.82. The second-order valence-corrected chi connectivity index (χ2v) is 5.66. The Morgan fingerprint density at radius 3 is 2.80 bits per heavy atom. The molecule has 1 aliphatic heterocycles. The van der Waals surface area contributed by atoms with Crippen LogP contribution < -0.4 is 0 Å². The van der Waals surface area contributed by atoms with E-state index in [0.717, 1.165) is 5.56 Å². The van der Waals surface area contributed by atoms with Gasteiger partial charge in [0.1, 0.15) is 12.4 Å². The summed E-state index contributed by atoms with van der Waals surface area (Å²) in [4.78, 5) is 12.1. The zero-order valence-electron chi connectivity index (χ0n) is 14.0. The van der Waals surface area contributed by atoms with E-state index in [1.807, 2.05) is 0 Å². The smallest absolute Gasteiger partial charge is 0.373 e. The number of carbonyl (C=O) groups is 1. The predicted octanol–water partition coefficient (Wildman–Crippen LogP) is 3.06. The maximum Gasteiger partial charge on any atom is 0.373 e. The van der Waals surface area contributed by atoms with Gasteiger partial charge in [0.05, 0.1) is 6.61 Å². The Balaban J connectivity index is 2.10. The highest BCUT2D eigenvalue weighted by atomic mass is 19.1. The van der Waals surface area contributed by atoms with Gasteiger partial charge in [-0.1, -0.05) is 24.8 Å². The minimum Gasteiger partial charge on any atom is -0.458 e. The molecule has 0 radical (unpaired) electrons. The number of aliphatic hydroxyl groups excluding tert-OH is 1. The van der Waals surface area contributed by atoms with Crippen LogP contribution in [0.4, 0.5) is 4.39 Å². The van der Waals surface area contributed by atoms with Crippen molar-refractivity contribution in [3.63, 3.8) is 0 Å². The van der Waals surface area contributed by atoms with Gasteiger partial charge in [-0.05, 0) is 36.6 Å². The van der Waals surface area contributed by atoms with E-state index in [9.17, 15) is 9.18 Å². The van der Waals surface area contributed by atoms with Gasteiger partial charge in [0.2, 0.25) is 12.0 Å². The lowest BCUT2D eigenvalue weighted by Crippen LogP contribution is -2.28. The quantitative estimate of drug-likeness (QED) is 0.421. The van der Waals surface area contributed by atoms with E-state index in [4.69, 9.17) is 19.3 Å². The highest BCUT2D eigenvalue weighted by molar-refractivity contribution is 5.86. The number of aliphatic hydroxyl groups is 1. The van der Waals surface area contributed by atoms with E-state index >= 15 is 0 Å². The van der Waals surface area contributed by atoms with Crippen LogP contribution in [0.25, 0.3) is 0 Å². The molecule has 2 rings (SSSR count). The first-order valence-electron chi connectivity index (χ1n) is 8.28. The van der Waals surface area contributed by atoms with E-state index in [1.165, 1.54) is 18.2 Å². The summed E-state index contributed by atoms with van der Waals surface area (Å²) in [5.41, 5.74) is 0.864. The minimum atomic E-state index is -0.606. The van der Waals surface area contributed by atoms with Gasteiger partial charge in [-0.2, -0.15) is 0 Å². The number of hydrogen-bond donors (Lipinski definition) is 1. The molecule has 136 valence electrons. The molecule has 0 saturated carbocycles. The van der Waals surface area contributed by atoms with Gasteiger partial charge in [0.15, 0.2) is 0 Å². The van der Waals surface area contributed by atoms with Crippen LogP contribution in [0.2, 0.25) is 0 Å². The predicted molar refractivity (Wildman–Crippen MR) is 90.1 cm³/mol. The van der Waals surface area contributed by atoms with Crippen molar-refractivity contribution in [2.45, 2.75) is 31.5 Å². The Kier molecular flexibility index (Phi) is 7.63. The van der Waals surface area contributed by atoms with Gasteiger partial charge in [0.25, 0.3) is 0 Å². The number of allylic oxidation sites excluding steroid dienone is 1. The van der Waals surface area contributed by atoms with E-state index < -0.39 is 12.3 Å². The zero-order chi connectivity index (χ0) is 18.1. The molecule has 1 heterocycles. The van der Waals surface area contributed by atoms with Crippen molar-refractivity contribution in [3.8, 4) is 0 Å². The molecule has 1 N–H and O–H groups in total. The summed E-state index contributed by atoms with van der Waals surface area (Å²) >= 11 is 0. The Hall–Kier alpha value is -2.18. The molecule has 0 aromatic heterocycles. The largest absolute Gasteiger partial charge is 0.458 e. The number of unbranched alkanes of at least 4 members (excludes halogenated alkanes) is 1. The number of esters is 1. The lowest BCUT2D eigenvalue weighted by Gasteiger charge is -2.29. The summed E-state index contributed by atoms with van der Waals surface area (Å²) in [6.45, 7) is 4.11. The third-order valence-electron chi connectivity index (χ3n) is 3.75. The second kappa shape index (κ2) is 9.96. The molecule has 0 bridgehead atoms. The number of benzene rings is 1. The van der Waals surface area contributed by atoms with E-state index in [-0.39, 0.29) is 30.7 Å². The van der Waals surface area contributed by atoms with Crippen LogP contribution in [0, 0.1) is 5.82 Å². The van der Waals surface area contributed by atoms with Crippen LogP contribution in [-0.2, 0) is 19.0 Å². The number of halogens is 1. The van der Waals surface area contributed by atoms with Crippen molar-refractivity contribution in [3.05, 3.63) is 60.1 Å². The monoisotopic (exact) mass is 350 g/mol. The fourth-order valence-corrected chi connectivity index (χ4v) is 2.48. The highest BCUT2D eigenvalue weighted by Gasteiger charge is 2.29. The molecule has 0 saturated heterocycles. The average molecular weight is 350 g/mol. The molecule has 0 amide bonds. The first-order chi connectivity index (χ1) is 12.1. The van der Waals surface area contributed by atoms with Crippen molar-refractivity contribution < 1.29 is 28.5 Å². The molecule has 25 heavy (non-hydrogen) atoms. The van der Waals surface area contributed by atoms with Gasteiger partial charge in [-0.15, -0.1) is 0 Å². The normalized spacial score (nSPS) is 19.7. The molecule has 1 aliphatic rings. The summed E-state index contributed by atoms with van der Waals surface area (Å²) in [6, 6.07) is 6.12. The van der Waals surface area contributed by atoms with Gasteiger partial charge in [-0.3, -0.25) is 0 Å². The number of rotatable bonds is 9. The van der Waals surface area contributed by atoms with E-state index in [1.54, 1.807) is 18.2 Å². The fraction of sp³-hybridized carbons (Fsp3) is 0.421. The summed E-state index contributed by atoms with van der Waals surface area (Å²) < 4.78 is 29.4. The SMILES string of the molecule is C=CCOC(=O)C1=C[C@H](c2ccc(F)cc2)C[C@H](OCCCCO)O1. The Morgan fingerprint density at radius 1 is 1.36 bits per heavy atom. The van der Waals surface area contributed by atoms with Crippen LogP contribution in [-0.4, -0.2) is 37.2 Å². The lowest BCUT2D eigenvalue weighted by atomic mass is 9.93. The first-order valence-corrected chi connectivity index (χ1v) is 8.28.